The van der Waals surface area contributed by atoms with Crippen LogP contribution in [-0.2, 0) is 16.1 Å². The molecule has 3 heterocycles. The highest BCUT2D eigenvalue weighted by molar-refractivity contribution is 7.99. The second-order valence-electron chi connectivity index (χ2n) is 7.19. The summed E-state index contributed by atoms with van der Waals surface area (Å²) >= 11 is 1.27. The number of aromatic nitrogens is 4. The quantitative estimate of drug-likeness (QED) is 0.410. The first-order valence-corrected chi connectivity index (χ1v) is 11.3. The largest absolute Gasteiger partial charge is 0.450 e. The number of rotatable bonds is 6. The summed E-state index contributed by atoms with van der Waals surface area (Å²) in [4.78, 5) is 40.8. The number of para-hydroxylation sites is 1. The Labute approximate surface area is 188 Å². The number of hydrogen-bond acceptors (Lipinski definition) is 7. The summed E-state index contributed by atoms with van der Waals surface area (Å²) < 4.78 is 8.34. The molecule has 1 saturated heterocycles. The summed E-state index contributed by atoms with van der Waals surface area (Å²) in [5, 5.41) is 9.53. The van der Waals surface area contributed by atoms with Crippen molar-refractivity contribution in [3.05, 3.63) is 47.3 Å². The van der Waals surface area contributed by atoms with Crippen molar-refractivity contribution in [2.75, 3.05) is 38.5 Å². The lowest BCUT2D eigenvalue weighted by Crippen LogP contribution is -2.51. The minimum atomic E-state index is -0.346. The van der Waals surface area contributed by atoms with Gasteiger partial charge in [-0.2, -0.15) is 0 Å². The third kappa shape index (κ3) is 4.07. The van der Waals surface area contributed by atoms with Crippen LogP contribution in [0.25, 0.3) is 16.7 Å². The Balaban J connectivity index is 1.52. The van der Waals surface area contributed by atoms with Gasteiger partial charge in [0.15, 0.2) is 5.16 Å². The fourth-order valence-electron chi connectivity index (χ4n) is 3.69. The van der Waals surface area contributed by atoms with Crippen LogP contribution in [0.5, 0.6) is 0 Å². The number of thioether (sulfide) groups is 1. The van der Waals surface area contributed by atoms with Gasteiger partial charge in [-0.05, 0) is 19.1 Å². The highest BCUT2D eigenvalue weighted by Crippen LogP contribution is 2.22. The molecule has 10 nitrogen and oxygen atoms in total. The molecule has 2 aromatic heterocycles. The molecule has 0 spiro atoms. The number of ether oxygens (including phenoxy) is 1. The van der Waals surface area contributed by atoms with Crippen LogP contribution < -0.4 is 5.56 Å². The average Bonchev–Trinajstić information content (AvgIpc) is 3.24. The molecule has 32 heavy (non-hydrogen) atoms. The molecule has 168 valence electrons. The third-order valence-corrected chi connectivity index (χ3v) is 6.19. The van der Waals surface area contributed by atoms with Gasteiger partial charge in [0.05, 0.1) is 23.3 Å². The van der Waals surface area contributed by atoms with Crippen molar-refractivity contribution in [1.82, 2.24) is 29.0 Å². The third-order valence-electron chi connectivity index (χ3n) is 5.27. The van der Waals surface area contributed by atoms with E-state index in [0.717, 1.165) is 0 Å². The maximum Gasteiger partial charge on any atom is 0.409 e. The monoisotopic (exact) mass is 456 g/mol. The van der Waals surface area contributed by atoms with Crippen LogP contribution >= 0.6 is 11.8 Å². The van der Waals surface area contributed by atoms with E-state index in [4.69, 9.17) is 4.74 Å². The first-order valence-electron chi connectivity index (χ1n) is 10.3. The van der Waals surface area contributed by atoms with Gasteiger partial charge in [-0.3, -0.25) is 18.6 Å². The van der Waals surface area contributed by atoms with Gasteiger partial charge in [-0.25, -0.2) is 4.79 Å². The molecule has 1 aromatic carbocycles. The van der Waals surface area contributed by atoms with Crippen molar-refractivity contribution < 1.29 is 14.3 Å². The van der Waals surface area contributed by atoms with Crippen molar-refractivity contribution >= 4 is 40.4 Å². The predicted molar refractivity (Wildman–Crippen MR) is 121 cm³/mol. The molecule has 1 aliphatic heterocycles. The lowest BCUT2D eigenvalue weighted by Gasteiger charge is -2.34. The summed E-state index contributed by atoms with van der Waals surface area (Å²) in [6, 6.07) is 7.26. The molecule has 0 N–H and O–H groups in total. The number of fused-ring (bicyclic) bond motifs is 3. The summed E-state index contributed by atoms with van der Waals surface area (Å²) in [7, 11) is 0. The van der Waals surface area contributed by atoms with Gasteiger partial charge < -0.3 is 14.5 Å². The number of hydrogen-bond donors (Lipinski definition) is 0. The number of piperazine rings is 1. The van der Waals surface area contributed by atoms with Crippen LogP contribution in [0.4, 0.5) is 4.79 Å². The maximum absolute atomic E-state index is 12.9. The van der Waals surface area contributed by atoms with E-state index < -0.39 is 0 Å². The number of carbonyl (C=O) groups is 2. The zero-order valence-corrected chi connectivity index (χ0v) is 18.6. The molecule has 4 rings (SSSR count). The molecular weight excluding hydrogens is 432 g/mol. The lowest BCUT2D eigenvalue weighted by atomic mass is 10.2. The Hall–Kier alpha value is -3.34. The van der Waals surface area contributed by atoms with E-state index in [1.165, 1.54) is 16.3 Å². The van der Waals surface area contributed by atoms with Crippen LogP contribution in [0.3, 0.4) is 0 Å². The van der Waals surface area contributed by atoms with Crippen molar-refractivity contribution in [2.45, 2.75) is 18.6 Å². The van der Waals surface area contributed by atoms with Crippen LogP contribution in [0.2, 0.25) is 0 Å². The van der Waals surface area contributed by atoms with Crippen LogP contribution in [0.15, 0.2) is 46.9 Å². The first-order chi connectivity index (χ1) is 15.5. The first kappa shape index (κ1) is 21.9. The Morgan fingerprint density at radius 2 is 1.88 bits per heavy atom. The highest BCUT2D eigenvalue weighted by atomic mass is 32.2. The molecule has 0 atom stereocenters. The smallest absolute Gasteiger partial charge is 0.409 e. The van der Waals surface area contributed by atoms with E-state index in [1.54, 1.807) is 33.3 Å². The zero-order chi connectivity index (χ0) is 22.7. The van der Waals surface area contributed by atoms with E-state index in [0.29, 0.717) is 61.2 Å². The molecule has 11 heteroatoms. The Morgan fingerprint density at radius 3 is 2.59 bits per heavy atom. The van der Waals surface area contributed by atoms with Gasteiger partial charge in [0, 0.05) is 32.7 Å². The summed E-state index contributed by atoms with van der Waals surface area (Å²) in [6.45, 7) is 7.94. The highest BCUT2D eigenvalue weighted by Gasteiger charge is 2.25. The Kier molecular flexibility index (Phi) is 6.45. The van der Waals surface area contributed by atoms with E-state index >= 15 is 0 Å². The number of allylic oxidation sites excluding steroid dienone is 1. The van der Waals surface area contributed by atoms with Gasteiger partial charge in [0.1, 0.15) is 0 Å². The summed E-state index contributed by atoms with van der Waals surface area (Å²) in [6.07, 6.45) is 1.29. The van der Waals surface area contributed by atoms with E-state index in [-0.39, 0.29) is 23.3 Å². The predicted octanol–water partition coefficient (Wildman–Crippen LogP) is 1.62. The van der Waals surface area contributed by atoms with E-state index in [1.807, 2.05) is 18.2 Å². The molecule has 3 aromatic rings. The second-order valence-corrected chi connectivity index (χ2v) is 8.14. The van der Waals surface area contributed by atoms with Crippen LogP contribution in [0.1, 0.15) is 6.92 Å². The molecule has 0 saturated carbocycles. The van der Waals surface area contributed by atoms with Gasteiger partial charge in [-0.15, -0.1) is 16.8 Å². The SMILES string of the molecule is C=CCn1c(=O)c2ccccc2n2c(SCC(=O)N3CCN(C(=O)OCC)CC3)nnc12. The number of carbonyl (C=O) groups excluding carboxylic acids is 2. The molecule has 0 radical (unpaired) electrons. The molecule has 0 aliphatic carbocycles. The minimum Gasteiger partial charge on any atom is -0.450 e. The van der Waals surface area contributed by atoms with E-state index in [2.05, 4.69) is 16.8 Å². The van der Waals surface area contributed by atoms with Crippen molar-refractivity contribution in [3.8, 4) is 0 Å². The fraction of sp³-hybridized carbons (Fsp3) is 0.381. The molecule has 0 unspecified atom stereocenters. The van der Waals surface area contributed by atoms with Crippen molar-refractivity contribution in [2.24, 2.45) is 0 Å². The Morgan fingerprint density at radius 1 is 1.16 bits per heavy atom. The normalized spacial score (nSPS) is 14.2. The van der Waals surface area contributed by atoms with Crippen LogP contribution in [-0.4, -0.2) is 79.5 Å². The molecule has 0 bridgehead atoms. The van der Waals surface area contributed by atoms with Crippen molar-refractivity contribution in [1.29, 1.82) is 0 Å². The van der Waals surface area contributed by atoms with Crippen LogP contribution in [0, 0.1) is 0 Å². The number of amides is 2. The fourth-order valence-corrected chi connectivity index (χ4v) is 4.53. The van der Waals surface area contributed by atoms with Crippen molar-refractivity contribution in [3.63, 3.8) is 0 Å². The zero-order valence-electron chi connectivity index (χ0n) is 17.8. The van der Waals surface area contributed by atoms with Gasteiger partial charge >= 0.3 is 6.09 Å². The number of nitrogens with zero attached hydrogens (tertiary/aromatic N) is 6. The number of benzene rings is 1. The molecule has 1 fully saturated rings. The molecule has 2 amide bonds. The van der Waals surface area contributed by atoms with Gasteiger partial charge in [0.25, 0.3) is 5.56 Å². The molecule has 1 aliphatic rings. The van der Waals surface area contributed by atoms with Gasteiger partial charge in [-0.1, -0.05) is 30.0 Å². The minimum absolute atomic E-state index is 0.0426. The topological polar surface area (TPSA) is 102 Å². The maximum atomic E-state index is 12.9. The van der Waals surface area contributed by atoms with E-state index in [9.17, 15) is 14.4 Å². The lowest BCUT2D eigenvalue weighted by molar-refractivity contribution is -0.129. The summed E-state index contributed by atoms with van der Waals surface area (Å²) in [5.74, 6) is 0.542. The standard InChI is InChI=1S/C21H24N6O4S/c1-3-9-26-18(29)15-7-5-6-8-16(15)27-19(26)22-23-20(27)32-14-17(28)24-10-12-25(13-11-24)21(30)31-4-2/h3,5-8H,1,4,9-14H2,2H3. The second kappa shape index (κ2) is 9.43. The average molecular weight is 457 g/mol. The Bertz CT molecular complexity index is 1230. The van der Waals surface area contributed by atoms with Gasteiger partial charge in [0.2, 0.25) is 11.7 Å². The summed E-state index contributed by atoms with van der Waals surface area (Å²) in [5.41, 5.74) is 0.531. The molecular formula is C21H24N6O4S.